The molecule has 0 aliphatic carbocycles. The van der Waals surface area contributed by atoms with Crippen LogP contribution in [-0.4, -0.2) is 23.6 Å². The molecular formula is C11H12ClN3O3S. The summed E-state index contributed by atoms with van der Waals surface area (Å²) in [5.41, 5.74) is 0.439. The number of nitrogens with one attached hydrogen (secondary N) is 2. The van der Waals surface area contributed by atoms with Gasteiger partial charge in [-0.3, -0.25) is 9.59 Å². The van der Waals surface area contributed by atoms with Crippen LogP contribution >= 0.6 is 23.5 Å². The molecule has 2 amide bonds. The minimum atomic E-state index is -0.850. The number of para-hydroxylation sites is 1. The van der Waals surface area contributed by atoms with Gasteiger partial charge in [0.2, 0.25) is 11.8 Å². The maximum Gasteiger partial charge on any atom is 0.247 e. The summed E-state index contributed by atoms with van der Waals surface area (Å²) in [4.78, 5) is 33.0. The van der Waals surface area contributed by atoms with Gasteiger partial charge in [-0.15, -0.1) is 4.91 Å². The van der Waals surface area contributed by atoms with Gasteiger partial charge in [0.15, 0.2) is 0 Å². The molecule has 19 heavy (non-hydrogen) atoms. The summed E-state index contributed by atoms with van der Waals surface area (Å²) >= 11 is 6.57. The maximum absolute atomic E-state index is 12.0. The Morgan fingerprint density at radius 2 is 2.11 bits per heavy atom. The minimum Gasteiger partial charge on any atom is -0.344 e. The Morgan fingerprint density at radius 1 is 1.42 bits per heavy atom. The lowest BCUT2D eigenvalue weighted by molar-refractivity contribution is -0.124. The van der Waals surface area contributed by atoms with E-state index in [-0.39, 0.29) is 11.7 Å². The number of benzene rings is 1. The lowest BCUT2D eigenvalue weighted by atomic mass is 10.2. The number of anilines is 1. The molecule has 0 radical (unpaired) electrons. The lowest BCUT2D eigenvalue weighted by Gasteiger charge is -2.16. The third kappa shape index (κ3) is 5.27. The van der Waals surface area contributed by atoms with Crippen LogP contribution < -0.4 is 10.6 Å². The Hall–Kier alpha value is -1.60. The molecule has 0 unspecified atom stereocenters. The van der Waals surface area contributed by atoms with Gasteiger partial charge in [0.25, 0.3) is 0 Å². The van der Waals surface area contributed by atoms with Crippen molar-refractivity contribution in [2.24, 2.45) is 4.58 Å². The number of halogens is 1. The minimum absolute atomic E-state index is 0.0549. The van der Waals surface area contributed by atoms with Crippen molar-refractivity contribution in [2.75, 3.05) is 11.1 Å². The Labute approximate surface area is 119 Å². The lowest BCUT2D eigenvalue weighted by Crippen LogP contribution is -2.44. The first-order chi connectivity index (χ1) is 9.04. The Morgan fingerprint density at radius 3 is 2.68 bits per heavy atom. The topological polar surface area (TPSA) is 87.6 Å². The molecule has 2 N–H and O–H groups in total. The number of carbonyl (C=O) groups excluding carboxylic acids is 2. The summed E-state index contributed by atoms with van der Waals surface area (Å²) in [5, 5.41) is 5.41. The first-order valence-electron chi connectivity index (χ1n) is 5.31. The molecule has 0 heterocycles. The summed E-state index contributed by atoms with van der Waals surface area (Å²) in [7, 11) is 0. The van der Waals surface area contributed by atoms with E-state index >= 15 is 0 Å². The molecule has 0 aromatic heterocycles. The average molecular weight is 302 g/mol. The number of carbonyl (C=O) groups is 2. The highest BCUT2D eigenvalue weighted by atomic mass is 35.5. The second-order valence-corrected chi connectivity index (χ2v) is 4.74. The molecule has 0 saturated heterocycles. The van der Waals surface area contributed by atoms with Crippen molar-refractivity contribution >= 4 is 41.1 Å². The number of nitrogens with zero attached hydrogens (tertiary/aromatic N) is 1. The van der Waals surface area contributed by atoms with E-state index in [1.54, 1.807) is 24.3 Å². The SMILES string of the molecule is CC(=O)N[C@@H](CSN=O)C(=O)Nc1ccccc1Cl. The quantitative estimate of drug-likeness (QED) is 0.623. The summed E-state index contributed by atoms with van der Waals surface area (Å²) < 4.78 is 2.60. The van der Waals surface area contributed by atoms with Crippen molar-refractivity contribution in [1.29, 1.82) is 0 Å². The highest BCUT2D eigenvalue weighted by Crippen LogP contribution is 2.20. The Kier molecular flexibility index (Phi) is 6.31. The molecule has 1 aromatic rings. The zero-order chi connectivity index (χ0) is 14.3. The van der Waals surface area contributed by atoms with Crippen molar-refractivity contribution in [3.63, 3.8) is 0 Å². The fraction of sp³-hybridized carbons (Fsp3) is 0.273. The van der Waals surface area contributed by atoms with Gasteiger partial charge < -0.3 is 10.6 Å². The number of rotatable bonds is 6. The molecule has 6 nitrogen and oxygen atoms in total. The highest BCUT2D eigenvalue weighted by molar-refractivity contribution is 7.97. The normalized spacial score (nSPS) is 11.5. The monoisotopic (exact) mass is 301 g/mol. The predicted octanol–water partition coefficient (Wildman–Crippen LogP) is 2.20. The molecule has 0 aliphatic heterocycles. The van der Waals surface area contributed by atoms with Gasteiger partial charge in [0.05, 0.1) is 10.7 Å². The zero-order valence-electron chi connectivity index (χ0n) is 10.1. The van der Waals surface area contributed by atoms with E-state index < -0.39 is 11.9 Å². The fourth-order valence-corrected chi connectivity index (χ4v) is 1.94. The van der Waals surface area contributed by atoms with Gasteiger partial charge in [-0.1, -0.05) is 23.7 Å². The van der Waals surface area contributed by atoms with E-state index in [0.717, 1.165) is 0 Å². The largest absolute Gasteiger partial charge is 0.344 e. The molecule has 0 saturated carbocycles. The third-order valence-corrected chi connectivity index (χ3v) is 3.04. The molecule has 0 aliphatic rings. The van der Waals surface area contributed by atoms with Gasteiger partial charge in [0.1, 0.15) is 6.04 Å². The van der Waals surface area contributed by atoms with Crippen molar-refractivity contribution in [3.8, 4) is 0 Å². The third-order valence-electron chi connectivity index (χ3n) is 2.12. The van der Waals surface area contributed by atoms with Crippen LogP contribution in [0, 0.1) is 4.91 Å². The van der Waals surface area contributed by atoms with Gasteiger partial charge in [-0.25, -0.2) is 0 Å². The van der Waals surface area contributed by atoms with Crippen LogP contribution in [0.1, 0.15) is 6.92 Å². The summed E-state index contributed by atoms with van der Waals surface area (Å²) in [6.07, 6.45) is 0. The van der Waals surface area contributed by atoms with Crippen LogP contribution in [0.3, 0.4) is 0 Å². The molecule has 1 rings (SSSR count). The zero-order valence-corrected chi connectivity index (χ0v) is 11.6. The molecule has 0 bridgehead atoms. The second-order valence-electron chi connectivity index (χ2n) is 3.59. The maximum atomic E-state index is 12.0. The van der Waals surface area contributed by atoms with E-state index in [4.69, 9.17) is 11.6 Å². The molecule has 0 fully saturated rings. The van der Waals surface area contributed by atoms with Crippen molar-refractivity contribution in [2.45, 2.75) is 13.0 Å². The highest BCUT2D eigenvalue weighted by Gasteiger charge is 2.20. The Bertz CT molecular complexity index is 484. The van der Waals surface area contributed by atoms with Crippen LogP contribution in [0.2, 0.25) is 5.02 Å². The van der Waals surface area contributed by atoms with Crippen LogP contribution in [-0.2, 0) is 9.59 Å². The van der Waals surface area contributed by atoms with Crippen LogP contribution in [0.25, 0.3) is 0 Å². The molecule has 102 valence electrons. The van der Waals surface area contributed by atoms with Crippen LogP contribution in [0.4, 0.5) is 5.69 Å². The van der Waals surface area contributed by atoms with Gasteiger partial charge in [0, 0.05) is 29.2 Å². The van der Waals surface area contributed by atoms with Gasteiger partial charge in [-0.05, 0) is 12.1 Å². The smallest absolute Gasteiger partial charge is 0.247 e. The van der Waals surface area contributed by atoms with Crippen LogP contribution in [0.15, 0.2) is 28.8 Å². The summed E-state index contributed by atoms with van der Waals surface area (Å²) in [6.45, 7) is 1.29. The number of hydrogen-bond donors (Lipinski definition) is 2. The fourth-order valence-electron chi connectivity index (χ4n) is 1.32. The van der Waals surface area contributed by atoms with Crippen molar-refractivity contribution < 1.29 is 9.59 Å². The Balaban J connectivity index is 2.73. The van der Waals surface area contributed by atoms with E-state index in [1.165, 1.54) is 6.92 Å². The van der Waals surface area contributed by atoms with Gasteiger partial charge >= 0.3 is 0 Å². The molecule has 1 atom stereocenters. The molecule has 1 aromatic carbocycles. The van der Waals surface area contributed by atoms with Crippen molar-refractivity contribution in [3.05, 3.63) is 34.2 Å². The molecule has 0 spiro atoms. The van der Waals surface area contributed by atoms with E-state index in [1.807, 2.05) is 0 Å². The first kappa shape index (κ1) is 15.5. The molecular weight excluding hydrogens is 290 g/mol. The second kappa shape index (κ2) is 7.75. The van der Waals surface area contributed by atoms with E-state index in [9.17, 15) is 14.5 Å². The number of nitroso groups, excluding NO2 is 1. The number of amides is 2. The van der Waals surface area contributed by atoms with Gasteiger partial charge in [-0.2, -0.15) is 0 Å². The standard InChI is InChI=1S/C11H12ClN3O3S/c1-7(16)13-10(6-19-15-18)11(17)14-9-5-3-2-4-8(9)12/h2-5,10H,6H2,1H3,(H,13,16)(H,14,17)/t10-/m0/s1. The summed E-state index contributed by atoms with van der Waals surface area (Å²) in [6, 6.07) is 5.87. The summed E-state index contributed by atoms with van der Waals surface area (Å²) in [5.74, 6) is -0.774. The number of hydrogen-bond acceptors (Lipinski definition) is 5. The van der Waals surface area contributed by atoms with Crippen LogP contribution in [0.5, 0.6) is 0 Å². The van der Waals surface area contributed by atoms with Crippen molar-refractivity contribution in [1.82, 2.24) is 5.32 Å². The molecule has 8 heteroatoms. The van der Waals surface area contributed by atoms with E-state index in [0.29, 0.717) is 22.7 Å². The van der Waals surface area contributed by atoms with E-state index in [2.05, 4.69) is 15.2 Å². The first-order valence-corrected chi connectivity index (χ1v) is 6.63. The predicted molar refractivity (Wildman–Crippen MR) is 75.9 cm³/mol. The average Bonchev–Trinajstić information content (AvgIpc) is 2.36.